The molecule has 0 fully saturated rings. The van der Waals surface area contributed by atoms with Crippen LogP contribution >= 0.6 is 38.6 Å². The van der Waals surface area contributed by atoms with Gasteiger partial charge in [-0.15, -0.1) is 22.7 Å². The van der Waals surface area contributed by atoms with Gasteiger partial charge in [0.25, 0.3) is 0 Å². The van der Waals surface area contributed by atoms with Gasteiger partial charge in [-0.3, -0.25) is 0 Å². The van der Waals surface area contributed by atoms with Crippen LogP contribution in [0.4, 0.5) is 0 Å². The third-order valence-electron chi connectivity index (χ3n) is 2.63. The summed E-state index contributed by atoms with van der Waals surface area (Å²) in [5, 5.41) is 3.94. The Hall–Kier alpha value is -0.320. The molecule has 2 rings (SSSR count). The molecule has 9 heteroatoms. The highest BCUT2D eigenvalue weighted by atomic mass is 79.9. The van der Waals surface area contributed by atoms with E-state index in [9.17, 15) is 8.42 Å². The highest BCUT2D eigenvalue weighted by Crippen LogP contribution is 2.31. The highest BCUT2D eigenvalue weighted by Gasteiger charge is 2.21. The lowest BCUT2D eigenvalue weighted by atomic mass is 10.4. The Morgan fingerprint density at radius 3 is 2.71 bits per heavy atom. The number of thiazole rings is 1. The summed E-state index contributed by atoms with van der Waals surface area (Å²) < 4.78 is 27.9. The van der Waals surface area contributed by atoms with Gasteiger partial charge < -0.3 is 5.32 Å². The SMILES string of the molecule is CCNCc1cc(S(=O)(=O)NCc2ncc(C)s2)c(Br)s1. The first-order valence-electron chi connectivity index (χ1n) is 6.32. The van der Waals surface area contributed by atoms with Crippen molar-refractivity contribution in [3.63, 3.8) is 0 Å². The average Bonchev–Trinajstić information content (AvgIpc) is 3.00. The smallest absolute Gasteiger partial charge is 0.242 e. The van der Waals surface area contributed by atoms with E-state index in [2.05, 4.69) is 31.0 Å². The molecule has 0 bridgehead atoms. The van der Waals surface area contributed by atoms with Crippen molar-refractivity contribution in [3.05, 3.63) is 30.8 Å². The molecule has 0 radical (unpaired) electrons. The molecule has 0 spiro atoms. The molecule has 21 heavy (non-hydrogen) atoms. The molecular weight excluding hydrogens is 394 g/mol. The molecule has 0 saturated heterocycles. The van der Waals surface area contributed by atoms with Crippen molar-refractivity contribution < 1.29 is 8.42 Å². The minimum absolute atomic E-state index is 0.214. The average molecular weight is 410 g/mol. The molecule has 0 saturated carbocycles. The number of hydrogen-bond acceptors (Lipinski definition) is 6. The van der Waals surface area contributed by atoms with E-state index >= 15 is 0 Å². The van der Waals surface area contributed by atoms with E-state index in [4.69, 9.17) is 0 Å². The fourth-order valence-electron chi connectivity index (χ4n) is 1.63. The van der Waals surface area contributed by atoms with Crippen LogP contribution in [0, 0.1) is 6.92 Å². The van der Waals surface area contributed by atoms with Crippen molar-refractivity contribution in [2.45, 2.75) is 31.8 Å². The van der Waals surface area contributed by atoms with Crippen molar-refractivity contribution in [1.82, 2.24) is 15.0 Å². The molecule has 0 aliphatic carbocycles. The Morgan fingerprint density at radius 2 is 2.10 bits per heavy atom. The zero-order chi connectivity index (χ0) is 15.5. The molecule has 0 aliphatic heterocycles. The summed E-state index contributed by atoms with van der Waals surface area (Å²) in [6.45, 7) is 5.68. The van der Waals surface area contributed by atoms with Crippen molar-refractivity contribution in [2.75, 3.05) is 6.54 Å². The lowest BCUT2D eigenvalue weighted by molar-refractivity contribution is 0.581. The summed E-state index contributed by atoms with van der Waals surface area (Å²) >= 11 is 6.25. The second kappa shape index (κ2) is 7.30. The monoisotopic (exact) mass is 409 g/mol. The van der Waals surface area contributed by atoms with E-state index < -0.39 is 10.0 Å². The number of nitrogens with one attached hydrogen (secondary N) is 2. The second-order valence-electron chi connectivity index (χ2n) is 4.32. The Bertz CT molecular complexity index is 709. The Morgan fingerprint density at radius 1 is 1.33 bits per heavy atom. The third-order valence-corrected chi connectivity index (χ3v) is 7.19. The van der Waals surface area contributed by atoms with E-state index in [0.717, 1.165) is 21.3 Å². The molecule has 2 aromatic rings. The van der Waals surface area contributed by atoms with Gasteiger partial charge in [0.2, 0.25) is 10.0 Å². The quantitative estimate of drug-likeness (QED) is 0.737. The lowest BCUT2D eigenvalue weighted by Gasteiger charge is -2.03. The summed E-state index contributed by atoms with van der Waals surface area (Å²) in [7, 11) is -3.53. The number of nitrogens with zero attached hydrogens (tertiary/aromatic N) is 1. The van der Waals surface area contributed by atoms with E-state index in [0.29, 0.717) is 10.3 Å². The second-order valence-corrected chi connectivity index (χ2v) is 9.83. The van der Waals surface area contributed by atoms with Gasteiger partial charge in [0.1, 0.15) is 9.90 Å². The number of rotatable bonds is 7. The number of thiophene rings is 1. The minimum atomic E-state index is -3.53. The molecule has 0 atom stereocenters. The fraction of sp³-hybridized carbons (Fsp3) is 0.417. The predicted molar refractivity (Wildman–Crippen MR) is 90.3 cm³/mol. The zero-order valence-electron chi connectivity index (χ0n) is 11.6. The first-order valence-corrected chi connectivity index (χ1v) is 10.2. The minimum Gasteiger partial charge on any atom is -0.312 e. The van der Waals surface area contributed by atoms with E-state index in [1.54, 1.807) is 12.3 Å². The van der Waals surface area contributed by atoms with Gasteiger partial charge >= 0.3 is 0 Å². The molecule has 2 heterocycles. The number of sulfonamides is 1. The van der Waals surface area contributed by atoms with E-state index in [-0.39, 0.29) is 11.4 Å². The maximum absolute atomic E-state index is 12.3. The van der Waals surface area contributed by atoms with Crippen molar-refractivity contribution >= 4 is 48.6 Å². The molecule has 2 N–H and O–H groups in total. The number of aryl methyl sites for hydroxylation is 1. The van der Waals surface area contributed by atoms with Gasteiger partial charge in [-0.05, 0) is 35.5 Å². The summed E-state index contributed by atoms with van der Waals surface area (Å²) in [5.41, 5.74) is 0. The van der Waals surface area contributed by atoms with Gasteiger partial charge in [-0.25, -0.2) is 18.1 Å². The van der Waals surface area contributed by atoms with Crippen LogP contribution in [0.5, 0.6) is 0 Å². The molecule has 0 unspecified atom stereocenters. The van der Waals surface area contributed by atoms with Crippen LogP contribution in [0.15, 0.2) is 20.9 Å². The zero-order valence-corrected chi connectivity index (χ0v) is 15.7. The molecule has 0 aromatic carbocycles. The van der Waals surface area contributed by atoms with Crippen LogP contribution in [-0.2, 0) is 23.1 Å². The number of aromatic nitrogens is 1. The van der Waals surface area contributed by atoms with E-state index in [1.807, 2.05) is 13.8 Å². The summed E-state index contributed by atoms with van der Waals surface area (Å²) in [4.78, 5) is 6.48. The standard InChI is InChI=1S/C12H16BrN3O2S3/c1-3-14-6-9-4-10(12(13)20-9)21(17,18)16-7-11-15-5-8(2)19-11/h4-5,14,16H,3,6-7H2,1-2H3. The fourth-order valence-corrected chi connectivity index (χ4v) is 6.09. The summed E-state index contributed by atoms with van der Waals surface area (Å²) in [5.74, 6) is 0. The molecular formula is C12H16BrN3O2S3. The van der Waals surface area contributed by atoms with Crippen LogP contribution in [-0.4, -0.2) is 19.9 Å². The molecule has 0 amide bonds. The molecule has 5 nitrogen and oxygen atoms in total. The van der Waals surface area contributed by atoms with E-state index in [1.165, 1.54) is 22.7 Å². The molecule has 2 aromatic heterocycles. The normalized spacial score (nSPS) is 12.0. The van der Waals surface area contributed by atoms with Crippen molar-refractivity contribution in [2.24, 2.45) is 0 Å². The third kappa shape index (κ3) is 4.57. The highest BCUT2D eigenvalue weighted by molar-refractivity contribution is 9.11. The van der Waals surface area contributed by atoms with Gasteiger partial charge in [-0.1, -0.05) is 6.92 Å². The first-order chi connectivity index (χ1) is 9.92. The van der Waals surface area contributed by atoms with Crippen LogP contribution in [0.25, 0.3) is 0 Å². The van der Waals surface area contributed by atoms with Crippen LogP contribution in [0.2, 0.25) is 0 Å². The lowest BCUT2D eigenvalue weighted by Crippen LogP contribution is -2.23. The maximum atomic E-state index is 12.3. The van der Waals surface area contributed by atoms with Gasteiger partial charge in [-0.2, -0.15) is 0 Å². The topological polar surface area (TPSA) is 71.1 Å². The van der Waals surface area contributed by atoms with Crippen LogP contribution in [0.1, 0.15) is 21.7 Å². The Kier molecular flexibility index (Phi) is 5.92. The van der Waals surface area contributed by atoms with Gasteiger partial charge in [0.05, 0.1) is 10.3 Å². The Balaban J connectivity index is 2.09. The molecule has 116 valence electrons. The largest absolute Gasteiger partial charge is 0.312 e. The molecule has 0 aliphatic rings. The van der Waals surface area contributed by atoms with Crippen LogP contribution < -0.4 is 10.0 Å². The predicted octanol–water partition coefficient (Wildman–Crippen LogP) is 2.86. The maximum Gasteiger partial charge on any atom is 0.242 e. The van der Waals surface area contributed by atoms with Crippen molar-refractivity contribution in [1.29, 1.82) is 0 Å². The summed E-state index contributed by atoms with van der Waals surface area (Å²) in [6, 6.07) is 1.70. The van der Waals surface area contributed by atoms with Gasteiger partial charge in [0.15, 0.2) is 0 Å². The number of halogens is 1. The van der Waals surface area contributed by atoms with Crippen LogP contribution in [0.3, 0.4) is 0 Å². The van der Waals surface area contributed by atoms with Gasteiger partial charge in [0, 0.05) is 22.5 Å². The first kappa shape index (κ1) is 17.0. The Labute approximate surface area is 141 Å². The van der Waals surface area contributed by atoms with Crippen molar-refractivity contribution in [3.8, 4) is 0 Å². The number of hydrogen-bond donors (Lipinski definition) is 2. The summed E-state index contributed by atoms with van der Waals surface area (Å²) in [6.07, 6.45) is 1.74.